The molecule has 18 heavy (non-hydrogen) atoms. The number of rotatable bonds is 4. The maximum absolute atomic E-state index is 11.9. The Morgan fingerprint density at radius 3 is 2.56 bits per heavy atom. The molecule has 2 saturated carbocycles. The van der Waals surface area contributed by atoms with Crippen LogP contribution in [0.5, 0.6) is 0 Å². The summed E-state index contributed by atoms with van der Waals surface area (Å²) in [5.74, 6) is 0.796. The lowest BCUT2D eigenvalue weighted by Gasteiger charge is -2.19. The summed E-state index contributed by atoms with van der Waals surface area (Å²) in [5.41, 5.74) is 0. The number of hydrogen-bond acceptors (Lipinski definition) is 3. The summed E-state index contributed by atoms with van der Waals surface area (Å²) >= 11 is 0. The minimum absolute atomic E-state index is 0.126. The van der Waals surface area contributed by atoms with Crippen LogP contribution in [0.1, 0.15) is 44.9 Å². The number of likely N-dealkylation sites (tertiary alicyclic amines) is 1. The highest BCUT2D eigenvalue weighted by molar-refractivity contribution is 5.68. The van der Waals surface area contributed by atoms with Crippen molar-refractivity contribution in [2.45, 2.75) is 57.2 Å². The Morgan fingerprint density at radius 2 is 1.83 bits per heavy atom. The van der Waals surface area contributed by atoms with Gasteiger partial charge in [0.15, 0.2) is 0 Å². The average molecular weight is 253 g/mol. The Kier molecular flexibility index (Phi) is 3.73. The maximum Gasteiger partial charge on any atom is 0.410 e. The fourth-order valence-electron chi connectivity index (χ4n) is 2.81. The zero-order valence-corrected chi connectivity index (χ0v) is 11.0. The largest absolute Gasteiger partial charge is 0.446 e. The molecule has 0 bridgehead atoms. The first-order chi connectivity index (χ1) is 8.81. The SMILES string of the molecule is O=C(OC1CCCC1)N1CCC(OCC2CC2)C1. The van der Waals surface area contributed by atoms with Gasteiger partial charge < -0.3 is 14.4 Å². The predicted octanol–water partition coefficient (Wildman–Crippen LogP) is 2.57. The molecular weight excluding hydrogens is 230 g/mol. The van der Waals surface area contributed by atoms with Gasteiger partial charge in [-0.25, -0.2) is 4.79 Å². The molecule has 4 heteroatoms. The molecule has 0 aromatic rings. The fourth-order valence-corrected chi connectivity index (χ4v) is 2.81. The Hall–Kier alpha value is -0.770. The Labute approximate surface area is 109 Å². The van der Waals surface area contributed by atoms with E-state index in [1.165, 1.54) is 25.7 Å². The van der Waals surface area contributed by atoms with E-state index in [2.05, 4.69) is 0 Å². The monoisotopic (exact) mass is 253 g/mol. The van der Waals surface area contributed by atoms with E-state index in [0.717, 1.165) is 44.9 Å². The number of hydrogen-bond donors (Lipinski definition) is 0. The highest BCUT2D eigenvalue weighted by Crippen LogP contribution is 2.30. The summed E-state index contributed by atoms with van der Waals surface area (Å²) in [5, 5.41) is 0. The summed E-state index contributed by atoms with van der Waals surface area (Å²) in [6.45, 7) is 2.40. The molecule has 4 nitrogen and oxygen atoms in total. The first-order valence-corrected chi connectivity index (χ1v) is 7.38. The van der Waals surface area contributed by atoms with E-state index in [-0.39, 0.29) is 18.3 Å². The molecule has 1 unspecified atom stereocenters. The minimum atomic E-state index is -0.126. The molecule has 1 saturated heterocycles. The standard InChI is InChI=1S/C14H23NO3/c16-14(18-12-3-1-2-4-12)15-8-7-13(9-15)17-10-11-5-6-11/h11-13H,1-10H2. The summed E-state index contributed by atoms with van der Waals surface area (Å²) < 4.78 is 11.3. The van der Waals surface area contributed by atoms with Crippen LogP contribution >= 0.6 is 0 Å². The average Bonchev–Trinajstić information content (AvgIpc) is 2.88. The van der Waals surface area contributed by atoms with Crippen molar-refractivity contribution in [2.24, 2.45) is 5.92 Å². The first kappa shape index (κ1) is 12.3. The molecule has 1 atom stereocenters. The first-order valence-electron chi connectivity index (χ1n) is 7.38. The van der Waals surface area contributed by atoms with Gasteiger partial charge in [0.2, 0.25) is 0 Å². The number of ether oxygens (including phenoxy) is 2. The molecule has 2 aliphatic carbocycles. The van der Waals surface area contributed by atoms with E-state index in [4.69, 9.17) is 9.47 Å². The molecule has 102 valence electrons. The second-order valence-corrected chi connectivity index (χ2v) is 5.92. The van der Waals surface area contributed by atoms with Crippen molar-refractivity contribution in [3.8, 4) is 0 Å². The molecule has 3 rings (SSSR count). The normalized spacial score (nSPS) is 28.9. The highest BCUT2D eigenvalue weighted by atomic mass is 16.6. The van der Waals surface area contributed by atoms with Crippen LogP contribution in [-0.2, 0) is 9.47 Å². The summed E-state index contributed by atoms with van der Waals surface area (Å²) in [6.07, 6.45) is 8.37. The number of amides is 1. The maximum atomic E-state index is 11.9. The van der Waals surface area contributed by atoms with Crippen LogP contribution in [0.3, 0.4) is 0 Å². The van der Waals surface area contributed by atoms with Gasteiger partial charge in [0, 0.05) is 13.2 Å². The van der Waals surface area contributed by atoms with Crippen LogP contribution in [0.25, 0.3) is 0 Å². The molecule has 1 heterocycles. The van der Waals surface area contributed by atoms with Crippen molar-refractivity contribution < 1.29 is 14.3 Å². The molecule has 0 radical (unpaired) electrons. The van der Waals surface area contributed by atoms with Gasteiger partial charge in [-0.3, -0.25) is 0 Å². The van der Waals surface area contributed by atoms with Crippen LogP contribution < -0.4 is 0 Å². The third-order valence-corrected chi connectivity index (χ3v) is 4.24. The molecule has 1 aliphatic heterocycles. The zero-order valence-electron chi connectivity index (χ0n) is 11.0. The Balaban J connectivity index is 1.38. The van der Waals surface area contributed by atoms with Gasteiger partial charge in [0.25, 0.3) is 0 Å². The lowest BCUT2D eigenvalue weighted by molar-refractivity contribution is 0.0418. The van der Waals surface area contributed by atoms with Crippen LogP contribution in [0, 0.1) is 5.92 Å². The van der Waals surface area contributed by atoms with E-state index in [1.54, 1.807) is 0 Å². The second kappa shape index (κ2) is 5.47. The Morgan fingerprint density at radius 1 is 1.06 bits per heavy atom. The minimum Gasteiger partial charge on any atom is -0.446 e. The topological polar surface area (TPSA) is 38.8 Å². The van der Waals surface area contributed by atoms with Crippen molar-refractivity contribution >= 4 is 6.09 Å². The summed E-state index contributed by atoms with van der Waals surface area (Å²) in [6, 6.07) is 0. The van der Waals surface area contributed by atoms with Crippen LogP contribution in [0.15, 0.2) is 0 Å². The van der Waals surface area contributed by atoms with E-state index in [0.29, 0.717) is 0 Å². The fraction of sp³-hybridized carbons (Fsp3) is 0.929. The van der Waals surface area contributed by atoms with Gasteiger partial charge in [-0.2, -0.15) is 0 Å². The quantitative estimate of drug-likeness (QED) is 0.773. The molecule has 0 spiro atoms. The van der Waals surface area contributed by atoms with Gasteiger partial charge in [-0.05, 0) is 50.9 Å². The van der Waals surface area contributed by atoms with Crippen molar-refractivity contribution in [3.63, 3.8) is 0 Å². The van der Waals surface area contributed by atoms with E-state index in [9.17, 15) is 4.79 Å². The van der Waals surface area contributed by atoms with Gasteiger partial charge >= 0.3 is 6.09 Å². The third kappa shape index (κ3) is 3.16. The van der Waals surface area contributed by atoms with Crippen molar-refractivity contribution in [1.29, 1.82) is 0 Å². The number of nitrogens with zero attached hydrogens (tertiary/aromatic N) is 1. The van der Waals surface area contributed by atoms with E-state index in [1.807, 2.05) is 4.90 Å². The van der Waals surface area contributed by atoms with Gasteiger partial charge in [-0.15, -0.1) is 0 Å². The van der Waals surface area contributed by atoms with Crippen LogP contribution in [0.4, 0.5) is 4.79 Å². The molecule has 0 aromatic heterocycles. The lowest BCUT2D eigenvalue weighted by Crippen LogP contribution is -2.33. The highest BCUT2D eigenvalue weighted by Gasteiger charge is 2.31. The molecule has 3 aliphatic rings. The smallest absolute Gasteiger partial charge is 0.410 e. The Bertz CT molecular complexity index is 297. The van der Waals surface area contributed by atoms with Crippen molar-refractivity contribution in [3.05, 3.63) is 0 Å². The van der Waals surface area contributed by atoms with Gasteiger partial charge in [-0.1, -0.05) is 0 Å². The van der Waals surface area contributed by atoms with Crippen molar-refractivity contribution in [1.82, 2.24) is 4.90 Å². The molecule has 0 aromatic carbocycles. The van der Waals surface area contributed by atoms with Crippen LogP contribution in [-0.4, -0.2) is 42.9 Å². The summed E-state index contributed by atoms with van der Waals surface area (Å²) in [4.78, 5) is 13.8. The van der Waals surface area contributed by atoms with Crippen molar-refractivity contribution in [2.75, 3.05) is 19.7 Å². The van der Waals surface area contributed by atoms with E-state index >= 15 is 0 Å². The third-order valence-electron chi connectivity index (χ3n) is 4.24. The molecule has 0 N–H and O–H groups in total. The van der Waals surface area contributed by atoms with E-state index < -0.39 is 0 Å². The van der Waals surface area contributed by atoms with Crippen LogP contribution in [0.2, 0.25) is 0 Å². The lowest BCUT2D eigenvalue weighted by atomic mass is 10.3. The van der Waals surface area contributed by atoms with Gasteiger partial charge in [0.1, 0.15) is 6.10 Å². The predicted molar refractivity (Wildman–Crippen MR) is 67.4 cm³/mol. The number of carbonyl (C=O) groups is 1. The second-order valence-electron chi connectivity index (χ2n) is 5.92. The zero-order chi connectivity index (χ0) is 12.4. The molecule has 3 fully saturated rings. The van der Waals surface area contributed by atoms with Gasteiger partial charge in [0.05, 0.1) is 12.6 Å². The molecule has 1 amide bonds. The summed E-state index contributed by atoms with van der Waals surface area (Å²) in [7, 11) is 0. The number of carbonyl (C=O) groups excluding carboxylic acids is 1. The molecular formula is C14H23NO3.